The average Bonchev–Trinajstić information content (AvgIpc) is 2.89. The van der Waals surface area contributed by atoms with Crippen molar-refractivity contribution in [2.75, 3.05) is 46.6 Å². The third kappa shape index (κ3) is 6.71. The van der Waals surface area contributed by atoms with Crippen LogP contribution in [-0.2, 0) is 0 Å². The lowest BCUT2D eigenvalue weighted by Gasteiger charge is -2.37. The first-order valence-electron chi connectivity index (χ1n) is 13.4. The first-order valence-corrected chi connectivity index (χ1v) is 13.4. The monoisotopic (exact) mass is 564 g/mol. The Morgan fingerprint density at radius 2 is 1.46 bits per heavy atom. The Hall–Kier alpha value is -4.31. The van der Waals surface area contributed by atoms with Gasteiger partial charge in [0, 0.05) is 67.8 Å². The van der Waals surface area contributed by atoms with Gasteiger partial charge in [-0.2, -0.15) is 15.0 Å². The molecule has 15 heteroatoms. The number of hydrogen-bond acceptors (Lipinski definition) is 13. The van der Waals surface area contributed by atoms with Crippen LogP contribution in [0, 0.1) is 6.92 Å². The summed E-state index contributed by atoms with van der Waals surface area (Å²) >= 11 is 0. The molecule has 218 valence electrons. The lowest BCUT2D eigenvalue weighted by Crippen LogP contribution is -2.54. The van der Waals surface area contributed by atoms with Gasteiger partial charge >= 0.3 is 0 Å². The maximum Gasteiger partial charge on any atom is 0.261 e. The zero-order valence-electron chi connectivity index (χ0n) is 22.7. The Balaban J connectivity index is 1.40. The van der Waals surface area contributed by atoms with Crippen molar-refractivity contribution in [3.8, 4) is 5.75 Å². The van der Waals surface area contributed by atoms with Gasteiger partial charge in [0.15, 0.2) is 0 Å². The summed E-state index contributed by atoms with van der Waals surface area (Å²) in [4.78, 5) is 45.1. The number of phenolic OH excluding ortho intramolecular Hbond substituents is 1. The summed E-state index contributed by atoms with van der Waals surface area (Å²) in [5, 5.41) is 16.3. The fourth-order valence-corrected chi connectivity index (χ4v) is 5.16. The van der Waals surface area contributed by atoms with Gasteiger partial charge in [0.1, 0.15) is 11.3 Å². The molecular formula is C26H36N12O3. The number of rotatable bonds is 6. The van der Waals surface area contributed by atoms with E-state index in [1.165, 1.54) is 18.2 Å². The van der Waals surface area contributed by atoms with Crippen molar-refractivity contribution in [3.63, 3.8) is 0 Å². The molecule has 2 fully saturated rings. The Kier molecular flexibility index (Phi) is 8.03. The highest BCUT2D eigenvalue weighted by atomic mass is 16.3. The topological polar surface area (TPSA) is 243 Å². The molecule has 2 saturated heterocycles. The molecule has 41 heavy (non-hydrogen) atoms. The lowest BCUT2D eigenvalue weighted by molar-refractivity contribution is 0.102. The van der Waals surface area contributed by atoms with Crippen LogP contribution in [0.1, 0.15) is 28.9 Å². The largest absolute Gasteiger partial charge is 0.506 e. The van der Waals surface area contributed by atoms with Gasteiger partial charge in [0.25, 0.3) is 11.5 Å². The highest BCUT2D eigenvalue weighted by Crippen LogP contribution is 2.29. The Morgan fingerprint density at radius 3 is 1.98 bits per heavy atom. The number of aryl methyl sites for hydroxylation is 1. The van der Waals surface area contributed by atoms with E-state index in [0.29, 0.717) is 62.3 Å². The first kappa shape index (κ1) is 28.2. The zero-order valence-corrected chi connectivity index (χ0v) is 22.7. The number of aromatic hydroxyl groups is 1. The van der Waals surface area contributed by atoms with E-state index in [2.05, 4.69) is 25.6 Å². The molecule has 2 aromatic heterocycles. The number of H-pyrrole nitrogens is 1. The minimum Gasteiger partial charge on any atom is -0.506 e. The van der Waals surface area contributed by atoms with Gasteiger partial charge < -0.3 is 53.5 Å². The van der Waals surface area contributed by atoms with Gasteiger partial charge in [-0.05, 0) is 44.0 Å². The third-order valence-corrected chi connectivity index (χ3v) is 7.01. The van der Waals surface area contributed by atoms with Crippen molar-refractivity contribution in [1.82, 2.24) is 19.9 Å². The van der Waals surface area contributed by atoms with Crippen LogP contribution >= 0.6 is 0 Å². The number of piperidine rings is 2. The van der Waals surface area contributed by atoms with Crippen molar-refractivity contribution in [2.45, 2.75) is 43.9 Å². The molecule has 15 nitrogen and oxygen atoms in total. The number of carbonyl (C=O) groups is 1. The highest BCUT2D eigenvalue weighted by Gasteiger charge is 2.29. The van der Waals surface area contributed by atoms with E-state index >= 15 is 0 Å². The number of phenols is 1. The van der Waals surface area contributed by atoms with Crippen molar-refractivity contribution in [1.29, 1.82) is 0 Å². The molecule has 3 aromatic rings. The molecule has 1 aromatic carbocycles. The normalized spacial score (nSPS) is 22.9. The Morgan fingerprint density at radius 1 is 0.902 bits per heavy atom. The van der Waals surface area contributed by atoms with Crippen LogP contribution in [0.25, 0.3) is 0 Å². The average molecular weight is 565 g/mol. The quantitative estimate of drug-likeness (QED) is 0.173. The van der Waals surface area contributed by atoms with Crippen molar-refractivity contribution < 1.29 is 9.90 Å². The van der Waals surface area contributed by atoms with Crippen molar-refractivity contribution >= 4 is 35.1 Å². The molecule has 0 saturated carbocycles. The summed E-state index contributed by atoms with van der Waals surface area (Å²) in [6.45, 7) is 3.86. The van der Waals surface area contributed by atoms with E-state index in [0.717, 1.165) is 0 Å². The summed E-state index contributed by atoms with van der Waals surface area (Å²) in [5.41, 5.74) is 25.5. The standard InChI is InChI=1S/C26H36N12O3/c1-13-2-4-19(22(40)31-13)23(41)33-20-5-3-18(8-21(20)39)32-24-34-25(37-9-14(27)6-15(28)10-37)36-26(35-24)38-11-16(29)7-17(30)12-38/h2-5,8,14-17,39H,6-7,9-12,27-30H2,1H3,(H,31,40)(H,33,41)(H,32,34,35,36)/t14-,15+,16-,17+. The summed E-state index contributed by atoms with van der Waals surface area (Å²) in [5.74, 6) is 0.180. The zero-order chi connectivity index (χ0) is 29.3. The van der Waals surface area contributed by atoms with E-state index < -0.39 is 11.5 Å². The van der Waals surface area contributed by atoms with E-state index in [1.807, 2.05) is 9.80 Å². The van der Waals surface area contributed by atoms with Crippen LogP contribution in [0.4, 0.5) is 29.2 Å². The minimum absolute atomic E-state index is 0.0725. The second-order valence-electron chi connectivity index (χ2n) is 10.8. The predicted molar refractivity (Wildman–Crippen MR) is 157 cm³/mol. The number of nitrogens with two attached hydrogens (primary N) is 4. The smallest absolute Gasteiger partial charge is 0.261 e. The van der Waals surface area contributed by atoms with Gasteiger partial charge in [-0.1, -0.05) is 0 Å². The number of nitrogens with one attached hydrogen (secondary N) is 3. The number of benzene rings is 1. The predicted octanol–water partition coefficient (Wildman–Crippen LogP) is -0.701. The molecule has 0 radical (unpaired) electrons. The van der Waals surface area contributed by atoms with E-state index in [9.17, 15) is 14.7 Å². The van der Waals surface area contributed by atoms with Gasteiger partial charge in [-0.25, -0.2) is 0 Å². The molecule has 0 unspecified atom stereocenters. The van der Waals surface area contributed by atoms with Gasteiger partial charge in [-0.3, -0.25) is 9.59 Å². The highest BCUT2D eigenvalue weighted by molar-refractivity contribution is 6.04. The summed E-state index contributed by atoms with van der Waals surface area (Å²) < 4.78 is 0. The maximum atomic E-state index is 12.6. The van der Waals surface area contributed by atoms with Crippen LogP contribution in [-0.4, -0.2) is 81.3 Å². The maximum absolute atomic E-state index is 12.6. The summed E-state index contributed by atoms with van der Waals surface area (Å²) in [6.07, 6.45) is 1.41. The first-order chi connectivity index (χ1) is 19.5. The van der Waals surface area contributed by atoms with Crippen LogP contribution in [0.5, 0.6) is 5.75 Å². The number of nitrogens with zero attached hydrogens (tertiary/aromatic N) is 5. The molecule has 12 N–H and O–H groups in total. The Bertz CT molecular complexity index is 1420. The number of amides is 1. The third-order valence-electron chi connectivity index (χ3n) is 7.01. The minimum atomic E-state index is -0.648. The number of aromatic amines is 1. The molecular weight excluding hydrogens is 528 g/mol. The second kappa shape index (κ2) is 11.7. The molecule has 1 amide bonds. The second-order valence-corrected chi connectivity index (χ2v) is 10.8. The van der Waals surface area contributed by atoms with Crippen LogP contribution in [0.15, 0.2) is 35.1 Å². The van der Waals surface area contributed by atoms with Crippen LogP contribution in [0.2, 0.25) is 0 Å². The van der Waals surface area contributed by atoms with Gasteiger partial charge in [-0.15, -0.1) is 0 Å². The number of anilines is 5. The number of pyridine rings is 1. The molecule has 2 aliphatic heterocycles. The summed E-state index contributed by atoms with van der Waals surface area (Å²) in [7, 11) is 0. The molecule has 4 heterocycles. The molecule has 2 aliphatic rings. The molecule has 4 atom stereocenters. The van der Waals surface area contributed by atoms with Crippen molar-refractivity contribution in [3.05, 3.63) is 51.9 Å². The van der Waals surface area contributed by atoms with E-state index in [1.54, 1.807) is 19.1 Å². The SMILES string of the molecule is Cc1ccc(C(=O)Nc2ccc(Nc3nc(N4C[C@H](N)C[C@H](N)C4)nc(N4C[C@H](N)C[C@H](N)C4)n3)cc2O)c(=O)[nH]1. The van der Waals surface area contributed by atoms with Crippen molar-refractivity contribution in [2.24, 2.45) is 22.9 Å². The Labute approximate surface area is 236 Å². The van der Waals surface area contributed by atoms with Crippen LogP contribution < -0.4 is 48.9 Å². The van der Waals surface area contributed by atoms with Gasteiger partial charge in [0.05, 0.1) is 5.69 Å². The molecule has 0 spiro atoms. The number of carbonyl (C=O) groups excluding carboxylic acids is 1. The summed E-state index contributed by atoms with van der Waals surface area (Å²) in [6, 6.07) is 7.11. The number of hydrogen-bond donors (Lipinski definition) is 8. The molecule has 0 aliphatic carbocycles. The van der Waals surface area contributed by atoms with Crippen LogP contribution in [0.3, 0.4) is 0 Å². The fourth-order valence-electron chi connectivity index (χ4n) is 5.16. The van der Waals surface area contributed by atoms with E-state index in [4.69, 9.17) is 27.9 Å². The molecule has 5 rings (SSSR count). The lowest BCUT2D eigenvalue weighted by atomic mass is 10.0. The number of aromatic nitrogens is 4. The van der Waals surface area contributed by atoms with E-state index in [-0.39, 0.29) is 47.1 Å². The fraction of sp³-hybridized carbons (Fsp3) is 0.423. The molecule has 0 bridgehead atoms. The van der Waals surface area contributed by atoms with Gasteiger partial charge in [0.2, 0.25) is 17.8 Å².